The maximum Gasteiger partial charge on any atom is 0.225 e. The molecule has 3 rings (SSSR count). The normalized spacial score (nSPS) is 20.1. The highest BCUT2D eigenvalue weighted by atomic mass is 16.5. The molecule has 2 atom stereocenters. The average molecular weight is 331 g/mol. The monoisotopic (exact) mass is 331 g/mol. The number of nitrogens with zero attached hydrogens (tertiary/aromatic N) is 3. The molecule has 2 aromatic rings. The number of likely N-dealkylation sites (tertiary alicyclic amines) is 1. The number of anilines is 2. The van der Waals surface area contributed by atoms with E-state index >= 15 is 0 Å². The maximum atomic E-state index is 5.67. The number of nitrogens with two attached hydrogens (primary N) is 2. The molecule has 1 aromatic carbocycles. The molecule has 2 heterocycles. The Kier molecular flexibility index (Phi) is 4.66. The van der Waals surface area contributed by atoms with Crippen LogP contribution in [0.1, 0.15) is 30.3 Å². The Balaban J connectivity index is 1.85. The van der Waals surface area contributed by atoms with Crippen LogP contribution in [0.3, 0.4) is 0 Å². The Morgan fingerprint density at radius 3 is 2.54 bits per heavy atom. The van der Waals surface area contributed by atoms with Crippen LogP contribution >= 0.6 is 0 Å². The Hall–Kier alpha value is -2.61. The third-order valence-electron chi connectivity index (χ3n) is 4.40. The number of hydrogen-bond acceptors (Lipinski definition) is 7. The molecular formula is C16H23N6O2+. The number of aromatic nitrogens is 3. The highest BCUT2D eigenvalue weighted by Crippen LogP contribution is 2.31. The van der Waals surface area contributed by atoms with E-state index in [0.717, 1.165) is 30.9 Å². The lowest BCUT2D eigenvalue weighted by atomic mass is 10.0. The maximum absolute atomic E-state index is 5.67. The molecule has 8 nitrogen and oxygen atoms in total. The van der Waals surface area contributed by atoms with Crippen molar-refractivity contribution in [1.82, 2.24) is 15.0 Å². The van der Waals surface area contributed by atoms with Crippen molar-refractivity contribution in [3.05, 3.63) is 29.6 Å². The van der Waals surface area contributed by atoms with Crippen molar-refractivity contribution in [3.8, 4) is 11.5 Å². The van der Waals surface area contributed by atoms with Crippen molar-refractivity contribution in [1.29, 1.82) is 0 Å². The summed E-state index contributed by atoms with van der Waals surface area (Å²) in [7, 11) is 3.33. The first-order valence-electron chi connectivity index (χ1n) is 7.93. The standard InChI is InChI=1S/C16H22N6O2/c1-23-10-5-6-11(13(8-10)24-2)12-4-3-7-22(12)9-14-19-15(17)21-16(18)20-14/h5-6,8,12H,3-4,7,9H2,1-2H3,(H4,17,18,19,20,21)/p+1/t12-/m1/s1. The number of hydrogen-bond donors (Lipinski definition) is 3. The predicted octanol–water partition coefficient (Wildman–Crippen LogP) is -0.0268. The topological polar surface area (TPSA) is 114 Å². The smallest absolute Gasteiger partial charge is 0.225 e. The van der Waals surface area contributed by atoms with E-state index in [2.05, 4.69) is 21.0 Å². The molecule has 1 unspecified atom stereocenters. The summed E-state index contributed by atoms with van der Waals surface area (Å²) < 4.78 is 10.8. The number of nitrogens with one attached hydrogen (secondary N) is 1. The third-order valence-corrected chi connectivity index (χ3v) is 4.40. The quantitative estimate of drug-likeness (QED) is 0.705. The second-order valence-corrected chi connectivity index (χ2v) is 5.86. The third kappa shape index (κ3) is 3.33. The second-order valence-electron chi connectivity index (χ2n) is 5.86. The second kappa shape index (κ2) is 6.88. The van der Waals surface area contributed by atoms with Gasteiger partial charge < -0.3 is 25.8 Å². The van der Waals surface area contributed by atoms with Crippen LogP contribution in [0.2, 0.25) is 0 Å². The van der Waals surface area contributed by atoms with Gasteiger partial charge in [-0.15, -0.1) is 0 Å². The van der Waals surface area contributed by atoms with E-state index in [1.165, 1.54) is 10.5 Å². The SMILES string of the molecule is COc1ccc([C@H]2CCC[NH+]2Cc2nc(N)nc(N)n2)c(OC)c1. The van der Waals surface area contributed by atoms with Crippen LogP contribution in [0.25, 0.3) is 0 Å². The van der Waals surface area contributed by atoms with E-state index in [9.17, 15) is 0 Å². The van der Waals surface area contributed by atoms with Crippen LogP contribution < -0.4 is 25.8 Å². The average Bonchev–Trinajstić information content (AvgIpc) is 3.01. The zero-order chi connectivity index (χ0) is 17.1. The summed E-state index contributed by atoms with van der Waals surface area (Å²) in [6.07, 6.45) is 2.21. The van der Waals surface area contributed by atoms with Crippen molar-refractivity contribution in [2.75, 3.05) is 32.2 Å². The predicted molar refractivity (Wildman–Crippen MR) is 89.7 cm³/mol. The van der Waals surface area contributed by atoms with Crippen molar-refractivity contribution in [2.45, 2.75) is 25.4 Å². The van der Waals surface area contributed by atoms with Crippen LogP contribution in [0, 0.1) is 0 Å². The van der Waals surface area contributed by atoms with E-state index in [-0.39, 0.29) is 11.9 Å². The molecule has 0 bridgehead atoms. The number of benzene rings is 1. The molecule has 0 radical (unpaired) electrons. The summed E-state index contributed by atoms with van der Waals surface area (Å²) in [5, 5.41) is 0. The van der Waals surface area contributed by atoms with Gasteiger partial charge in [-0.1, -0.05) is 0 Å². The van der Waals surface area contributed by atoms with E-state index in [1.54, 1.807) is 14.2 Å². The van der Waals surface area contributed by atoms with Crippen molar-refractivity contribution in [3.63, 3.8) is 0 Å². The van der Waals surface area contributed by atoms with Gasteiger partial charge in [0.2, 0.25) is 11.9 Å². The molecular weight excluding hydrogens is 308 g/mol. The summed E-state index contributed by atoms with van der Waals surface area (Å²) in [6, 6.07) is 6.27. The van der Waals surface area contributed by atoms with Crippen LogP contribution in [0.15, 0.2) is 18.2 Å². The van der Waals surface area contributed by atoms with Gasteiger partial charge in [-0.2, -0.15) is 15.0 Å². The van der Waals surface area contributed by atoms with Gasteiger partial charge in [0, 0.05) is 18.9 Å². The molecule has 8 heteroatoms. The number of nitrogen functional groups attached to an aromatic ring is 2. The fourth-order valence-corrected chi connectivity index (χ4v) is 3.34. The van der Waals surface area contributed by atoms with Gasteiger partial charge in [-0.3, -0.25) is 0 Å². The van der Waals surface area contributed by atoms with E-state index in [1.807, 2.05) is 12.1 Å². The Labute approximate surface area is 140 Å². The fraction of sp³-hybridized carbons (Fsp3) is 0.438. The van der Waals surface area contributed by atoms with Gasteiger partial charge in [0.15, 0.2) is 5.82 Å². The van der Waals surface area contributed by atoms with Crippen LogP contribution in [-0.4, -0.2) is 35.7 Å². The van der Waals surface area contributed by atoms with Crippen LogP contribution in [0.4, 0.5) is 11.9 Å². The van der Waals surface area contributed by atoms with E-state index < -0.39 is 0 Å². The first-order chi connectivity index (χ1) is 11.6. The molecule has 128 valence electrons. The van der Waals surface area contributed by atoms with E-state index in [4.69, 9.17) is 20.9 Å². The summed E-state index contributed by atoms with van der Waals surface area (Å²) in [5.74, 6) is 2.57. The lowest BCUT2D eigenvalue weighted by molar-refractivity contribution is -0.932. The number of quaternary nitrogens is 1. The van der Waals surface area contributed by atoms with Gasteiger partial charge in [0.25, 0.3) is 0 Å². The molecule has 0 saturated carbocycles. The van der Waals surface area contributed by atoms with Crippen LogP contribution in [-0.2, 0) is 6.54 Å². The number of ether oxygens (including phenoxy) is 2. The first-order valence-corrected chi connectivity index (χ1v) is 7.93. The number of rotatable bonds is 5. The molecule has 0 spiro atoms. The minimum atomic E-state index is 0.162. The molecule has 1 aliphatic rings. The zero-order valence-electron chi connectivity index (χ0n) is 14.0. The fourth-order valence-electron chi connectivity index (χ4n) is 3.34. The Morgan fingerprint density at radius 2 is 1.88 bits per heavy atom. The van der Waals surface area contributed by atoms with Gasteiger partial charge >= 0.3 is 0 Å². The molecule has 1 aliphatic heterocycles. The molecule has 1 aromatic heterocycles. The summed E-state index contributed by atoms with van der Waals surface area (Å²) in [4.78, 5) is 13.6. The molecule has 0 aliphatic carbocycles. The summed E-state index contributed by atoms with van der Waals surface area (Å²) in [5.41, 5.74) is 12.5. The van der Waals surface area contributed by atoms with Crippen molar-refractivity contribution in [2.24, 2.45) is 0 Å². The minimum Gasteiger partial charge on any atom is -0.497 e. The summed E-state index contributed by atoms with van der Waals surface area (Å²) in [6.45, 7) is 1.68. The molecule has 1 saturated heterocycles. The molecule has 5 N–H and O–H groups in total. The highest BCUT2D eigenvalue weighted by Gasteiger charge is 2.33. The summed E-state index contributed by atoms with van der Waals surface area (Å²) >= 11 is 0. The largest absolute Gasteiger partial charge is 0.497 e. The van der Waals surface area contributed by atoms with Gasteiger partial charge in [0.1, 0.15) is 24.1 Å². The zero-order valence-corrected chi connectivity index (χ0v) is 14.0. The van der Waals surface area contributed by atoms with Crippen molar-refractivity contribution >= 4 is 11.9 Å². The van der Waals surface area contributed by atoms with Gasteiger partial charge in [-0.05, 0) is 12.1 Å². The lowest BCUT2D eigenvalue weighted by Gasteiger charge is -2.23. The van der Waals surface area contributed by atoms with E-state index in [0.29, 0.717) is 18.4 Å². The molecule has 24 heavy (non-hydrogen) atoms. The number of methoxy groups -OCH3 is 2. The Morgan fingerprint density at radius 1 is 1.12 bits per heavy atom. The van der Waals surface area contributed by atoms with Crippen molar-refractivity contribution < 1.29 is 14.4 Å². The molecule has 1 fully saturated rings. The lowest BCUT2D eigenvalue weighted by Crippen LogP contribution is -3.09. The first kappa shape index (κ1) is 16.3. The molecule has 0 amide bonds. The Bertz CT molecular complexity index is 703. The highest BCUT2D eigenvalue weighted by molar-refractivity contribution is 5.42. The van der Waals surface area contributed by atoms with Gasteiger partial charge in [0.05, 0.1) is 26.3 Å². The minimum absolute atomic E-state index is 0.162. The van der Waals surface area contributed by atoms with Gasteiger partial charge in [-0.25, -0.2) is 0 Å². The van der Waals surface area contributed by atoms with Crippen LogP contribution in [0.5, 0.6) is 11.5 Å².